The molecule has 0 bridgehead atoms. The summed E-state index contributed by atoms with van der Waals surface area (Å²) in [7, 11) is 3.39. The number of hydrogen-bond acceptors (Lipinski definition) is 4. The Morgan fingerprint density at radius 1 is 1.00 bits per heavy atom. The third-order valence-electron chi connectivity index (χ3n) is 5.34. The van der Waals surface area contributed by atoms with Gasteiger partial charge in [0.05, 0.1) is 6.42 Å². The minimum atomic E-state index is -0.944. The Hall–Kier alpha value is -3.54. The van der Waals surface area contributed by atoms with Crippen LogP contribution < -0.4 is 10.1 Å². The number of carbonyl (C=O) groups is 2. The van der Waals surface area contributed by atoms with Gasteiger partial charge in [0.15, 0.2) is 0 Å². The molecule has 3 rings (SSSR count). The van der Waals surface area contributed by atoms with Crippen molar-refractivity contribution in [3.05, 3.63) is 88.3 Å². The zero-order chi connectivity index (χ0) is 22.5. The van der Waals surface area contributed by atoms with Crippen molar-refractivity contribution in [3.8, 4) is 5.75 Å². The van der Waals surface area contributed by atoms with Crippen LogP contribution in [-0.2, 0) is 16.2 Å². The van der Waals surface area contributed by atoms with Gasteiger partial charge in [0.1, 0.15) is 12.4 Å². The molecule has 162 valence electrons. The Balaban J connectivity index is 2.09. The number of allylic oxidation sites excluding steroid dienone is 2. The standard InChI is InChI=1S/C25H28N2O4/c1-16-20(14-22(28)29)24(23(17(2)26-16)25(30)27(3)4)19-12-8-9-13-21(19)31-15-18-10-6-5-7-11-18/h5-13,24,26H,14-15H2,1-4H3,(H,28,29). The minimum Gasteiger partial charge on any atom is -0.489 e. The normalized spacial score (nSPS) is 16.1. The molecule has 1 amide bonds. The molecule has 1 heterocycles. The number of nitrogens with one attached hydrogen (secondary N) is 1. The summed E-state index contributed by atoms with van der Waals surface area (Å²) in [6, 6.07) is 17.3. The molecule has 31 heavy (non-hydrogen) atoms. The summed E-state index contributed by atoms with van der Waals surface area (Å²) in [5.74, 6) is -0.992. The predicted molar refractivity (Wildman–Crippen MR) is 119 cm³/mol. The highest BCUT2D eigenvalue weighted by Crippen LogP contribution is 2.43. The highest BCUT2D eigenvalue weighted by molar-refractivity contribution is 5.97. The monoisotopic (exact) mass is 420 g/mol. The molecule has 0 aromatic heterocycles. The van der Waals surface area contributed by atoms with Gasteiger partial charge in [0, 0.05) is 42.5 Å². The lowest BCUT2D eigenvalue weighted by atomic mass is 9.78. The van der Waals surface area contributed by atoms with E-state index in [0.29, 0.717) is 29.2 Å². The van der Waals surface area contributed by atoms with Gasteiger partial charge in [-0.2, -0.15) is 0 Å². The smallest absolute Gasteiger partial charge is 0.307 e. The van der Waals surface area contributed by atoms with Crippen molar-refractivity contribution in [3.63, 3.8) is 0 Å². The molecule has 6 heteroatoms. The molecule has 1 atom stereocenters. The molecule has 2 aromatic carbocycles. The fourth-order valence-electron chi connectivity index (χ4n) is 3.89. The highest BCUT2D eigenvalue weighted by Gasteiger charge is 2.36. The van der Waals surface area contributed by atoms with E-state index in [-0.39, 0.29) is 12.3 Å². The summed E-state index contributed by atoms with van der Waals surface area (Å²) in [4.78, 5) is 26.3. The largest absolute Gasteiger partial charge is 0.489 e. The van der Waals surface area contributed by atoms with Gasteiger partial charge >= 0.3 is 5.97 Å². The zero-order valence-electron chi connectivity index (χ0n) is 18.3. The lowest BCUT2D eigenvalue weighted by Crippen LogP contribution is -2.34. The van der Waals surface area contributed by atoms with Crippen LogP contribution in [0.25, 0.3) is 0 Å². The van der Waals surface area contributed by atoms with Crippen LogP contribution in [0.1, 0.15) is 37.3 Å². The first-order valence-electron chi connectivity index (χ1n) is 10.2. The van der Waals surface area contributed by atoms with Crippen LogP contribution in [0.5, 0.6) is 5.75 Å². The average molecular weight is 421 g/mol. The zero-order valence-corrected chi connectivity index (χ0v) is 18.3. The topological polar surface area (TPSA) is 78.9 Å². The van der Waals surface area contributed by atoms with Crippen LogP contribution in [0.2, 0.25) is 0 Å². The van der Waals surface area contributed by atoms with Gasteiger partial charge in [0.25, 0.3) is 5.91 Å². The number of dihydropyridines is 1. The van der Waals surface area contributed by atoms with Crippen LogP contribution in [0.4, 0.5) is 0 Å². The summed E-state index contributed by atoms with van der Waals surface area (Å²) in [6.07, 6.45) is -0.173. The SMILES string of the molecule is CC1=C(CC(=O)O)C(c2ccccc2OCc2ccccc2)C(C(=O)N(C)C)=C(C)N1. The van der Waals surface area contributed by atoms with Gasteiger partial charge in [0.2, 0.25) is 0 Å². The van der Waals surface area contributed by atoms with Crippen molar-refractivity contribution in [2.75, 3.05) is 14.1 Å². The van der Waals surface area contributed by atoms with E-state index in [1.165, 1.54) is 4.90 Å². The number of ether oxygens (including phenoxy) is 1. The summed E-state index contributed by atoms with van der Waals surface area (Å²) in [5.41, 5.74) is 4.45. The number of carbonyl (C=O) groups excluding carboxylic acids is 1. The van der Waals surface area contributed by atoms with E-state index >= 15 is 0 Å². The minimum absolute atomic E-state index is 0.164. The maximum atomic E-state index is 13.1. The van der Waals surface area contributed by atoms with E-state index in [1.54, 1.807) is 14.1 Å². The van der Waals surface area contributed by atoms with Crippen LogP contribution in [0.15, 0.2) is 77.1 Å². The number of nitrogens with zero attached hydrogens (tertiary/aromatic N) is 1. The third-order valence-corrected chi connectivity index (χ3v) is 5.34. The number of rotatable bonds is 7. The van der Waals surface area contributed by atoms with E-state index in [9.17, 15) is 14.7 Å². The van der Waals surface area contributed by atoms with E-state index in [4.69, 9.17) is 4.74 Å². The number of para-hydroxylation sites is 1. The van der Waals surface area contributed by atoms with Crippen molar-refractivity contribution in [1.82, 2.24) is 10.2 Å². The van der Waals surface area contributed by atoms with E-state index < -0.39 is 11.9 Å². The first kappa shape index (κ1) is 22.2. The number of hydrogen-bond donors (Lipinski definition) is 2. The highest BCUT2D eigenvalue weighted by atomic mass is 16.5. The second kappa shape index (κ2) is 9.51. The first-order chi connectivity index (χ1) is 14.8. The molecule has 0 spiro atoms. The molecular formula is C25H28N2O4. The van der Waals surface area contributed by atoms with Crippen molar-refractivity contribution < 1.29 is 19.4 Å². The fourth-order valence-corrected chi connectivity index (χ4v) is 3.89. The number of likely N-dealkylation sites (N-methyl/N-ethyl adjacent to an activating group) is 1. The summed E-state index contributed by atoms with van der Waals surface area (Å²) in [6.45, 7) is 4.07. The lowest BCUT2D eigenvalue weighted by Gasteiger charge is -2.33. The van der Waals surface area contributed by atoms with E-state index in [0.717, 1.165) is 16.8 Å². The van der Waals surface area contributed by atoms with Gasteiger partial charge in [-0.1, -0.05) is 48.5 Å². The number of carboxylic acid groups (broad SMARTS) is 1. The first-order valence-corrected chi connectivity index (χ1v) is 10.2. The Morgan fingerprint density at radius 3 is 2.29 bits per heavy atom. The second-order valence-electron chi connectivity index (χ2n) is 7.83. The van der Waals surface area contributed by atoms with Crippen LogP contribution in [0.3, 0.4) is 0 Å². The van der Waals surface area contributed by atoms with Crippen LogP contribution in [-0.4, -0.2) is 36.0 Å². The van der Waals surface area contributed by atoms with Crippen molar-refractivity contribution in [1.29, 1.82) is 0 Å². The molecule has 1 unspecified atom stereocenters. The van der Waals surface area contributed by atoms with E-state index in [2.05, 4.69) is 5.32 Å². The lowest BCUT2D eigenvalue weighted by molar-refractivity contribution is -0.136. The molecule has 2 N–H and O–H groups in total. The van der Waals surface area contributed by atoms with E-state index in [1.807, 2.05) is 68.4 Å². The number of amides is 1. The van der Waals surface area contributed by atoms with Crippen molar-refractivity contribution >= 4 is 11.9 Å². The molecule has 1 aliphatic rings. The van der Waals surface area contributed by atoms with Crippen molar-refractivity contribution in [2.45, 2.75) is 32.8 Å². The maximum Gasteiger partial charge on any atom is 0.307 e. The summed E-state index contributed by atoms with van der Waals surface area (Å²) < 4.78 is 6.15. The summed E-state index contributed by atoms with van der Waals surface area (Å²) in [5, 5.41) is 12.8. The molecule has 0 saturated heterocycles. The van der Waals surface area contributed by atoms with Crippen molar-refractivity contribution in [2.24, 2.45) is 0 Å². The molecule has 0 fully saturated rings. The summed E-state index contributed by atoms with van der Waals surface area (Å²) >= 11 is 0. The molecule has 0 saturated carbocycles. The van der Waals surface area contributed by atoms with Gasteiger partial charge in [-0.3, -0.25) is 9.59 Å². The Bertz CT molecular complexity index is 1040. The third kappa shape index (κ3) is 4.97. The van der Waals surface area contributed by atoms with Gasteiger partial charge < -0.3 is 20.1 Å². The molecule has 0 aliphatic carbocycles. The Labute approximate surface area is 182 Å². The fraction of sp³-hybridized carbons (Fsp3) is 0.280. The second-order valence-corrected chi connectivity index (χ2v) is 7.83. The molecule has 1 aliphatic heterocycles. The molecular weight excluding hydrogens is 392 g/mol. The number of aliphatic carboxylic acids is 1. The molecule has 6 nitrogen and oxygen atoms in total. The quantitative estimate of drug-likeness (QED) is 0.706. The van der Waals surface area contributed by atoms with Gasteiger partial charge in [-0.05, 0) is 31.1 Å². The number of benzene rings is 2. The number of carboxylic acids is 1. The predicted octanol–water partition coefficient (Wildman–Crippen LogP) is 4.06. The van der Waals surface area contributed by atoms with Gasteiger partial charge in [-0.15, -0.1) is 0 Å². The Kier molecular flexibility index (Phi) is 6.80. The maximum absolute atomic E-state index is 13.1. The van der Waals surface area contributed by atoms with Gasteiger partial charge in [-0.25, -0.2) is 0 Å². The van der Waals surface area contributed by atoms with Crippen LogP contribution in [0, 0.1) is 0 Å². The Morgan fingerprint density at radius 2 is 1.65 bits per heavy atom. The molecule has 2 aromatic rings. The average Bonchev–Trinajstić information content (AvgIpc) is 2.74. The molecule has 0 radical (unpaired) electrons. The van der Waals surface area contributed by atoms with Crippen LogP contribution >= 0.6 is 0 Å².